The Bertz CT molecular complexity index is 342. The van der Waals surface area contributed by atoms with E-state index in [4.69, 9.17) is 4.74 Å². The number of hydroxylamine groups is 1. The summed E-state index contributed by atoms with van der Waals surface area (Å²) in [6.45, 7) is -0.615. The van der Waals surface area contributed by atoms with Gasteiger partial charge >= 0.3 is 6.18 Å². The lowest BCUT2D eigenvalue weighted by molar-refractivity contribution is -0.190. The van der Waals surface area contributed by atoms with E-state index in [9.17, 15) is 13.2 Å². The summed E-state index contributed by atoms with van der Waals surface area (Å²) in [4.78, 5) is 4.30. The lowest BCUT2D eigenvalue weighted by Gasteiger charge is -2.09. The van der Waals surface area contributed by atoms with Crippen molar-refractivity contribution in [3.05, 3.63) is 35.4 Å². The first kappa shape index (κ1) is 14.0. The molecule has 96 valence electrons. The highest BCUT2D eigenvalue weighted by Gasteiger charge is 2.27. The minimum absolute atomic E-state index is 0.216. The average Bonchev–Trinajstić information content (AvgIpc) is 2.24. The molecule has 0 heterocycles. The van der Waals surface area contributed by atoms with Crippen LogP contribution >= 0.6 is 0 Å². The van der Waals surface area contributed by atoms with Crippen molar-refractivity contribution >= 4 is 0 Å². The molecule has 0 bridgehead atoms. The van der Waals surface area contributed by atoms with Gasteiger partial charge in [-0.1, -0.05) is 24.3 Å². The molecular weight excluding hydrogens is 235 g/mol. The van der Waals surface area contributed by atoms with E-state index in [0.29, 0.717) is 6.61 Å². The van der Waals surface area contributed by atoms with E-state index < -0.39 is 12.8 Å². The molecule has 0 unspecified atom stereocenters. The van der Waals surface area contributed by atoms with Gasteiger partial charge in [0.15, 0.2) is 6.61 Å². The quantitative estimate of drug-likeness (QED) is 0.620. The lowest BCUT2D eigenvalue weighted by atomic mass is 10.1. The zero-order valence-corrected chi connectivity index (χ0v) is 9.38. The van der Waals surface area contributed by atoms with Crippen molar-refractivity contribution < 1.29 is 22.7 Å². The molecule has 0 saturated heterocycles. The van der Waals surface area contributed by atoms with Gasteiger partial charge in [-0.25, -0.2) is 0 Å². The maximum atomic E-state index is 11.8. The molecule has 0 amide bonds. The molecule has 0 aromatic heterocycles. The lowest BCUT2D eigenvalue weighted by Crippen LogP contribution is -2.24. The SMILES string of the molecule is COCc1cccc(CNOCC(F)(F)F)c1. The maximum absolute atomic E-state index is 11.8. The van der Waals surface area contributed by atoms with Crippen molar-refractivity contribution in [3.63, 3.8) is 0 Å². The van der Waals surface area contributed by atoms with Crippen molar-refractivity contribution in [2.75, 3.05) is 13.7 Å². The Morgan fingerprint density at radius 1 is 1.24 bits per heavy atom. The standard InChI is InChI=1S/C11H14F3NO2/c1-16-7-10-4-2-3-9(5-10)6-15-17-8-11(12,13)14/h2-5,15H,6-8H2,1H3. The number of rotatable bonds is 6. The largest absolute Gasteiger partial charge is 0.413 e. The second-order valence-electron chi connectivity index (χ2n) is 3.48. The van der Waals surface area contributed by atoms with Crippen LogP contribution in [0.5, 0.6) is 0 Å². The van der Waals surface area contributed by atoms with E-state index >= 15 is 0 Å². The van der Waals surface area contributed by atoms with Gasteiger partial charge in [-0.05, 0) is 11.1 Å². The van der Waals surface area contributed by atoms with Gasteiger partial charge in [0.1, 0.15) is 0 Å². The van der Waals surface area contributed by atoms with E-state index in [1.54, 1.807) is 13.2 Å². The normalized spacial score (nSPS) is 11.8. The van der Waals surface area contributed by atoms with Crippen LogP contribution in [-0.2, 0) is 22.7 Å². The summed E-state index contributed by atoms with van der Waals surface area (Å²) < 4.78 is 40.2. The molecule has 17 heavy (non-hydrogen) atoms. The number of alkyl halides is 3. The number of halogens is 3. The van der Waals surface area contributed by atoms with Gasteiger partial charge in [0.2, 0.25) is 0 Å². The Labute approximate surface area is 97.5 Å². The molecule has 0 radical (unpaired) electrons. The van der Waals surface area contributed by atoms with Crippen LogP contribution in [0.1, 0.15) is 11.1 Å². The Balaban J connectivity index is 2.34. The van der Waals surface area contributed by atoms with E-state index in [-0.39, 0.29) is 6.54 Å². The molecule has 1 N–H and O–H groups in total. The van der Waals surface area contributed by atoms with Gasteiger partial charge in [0.05, 0.1) is 6.61 Å². The number of nitrogens with one attached hydrogen (secondary N) is 1. The molecule has 0 saturated carbocycles. The Kier molecular flexibility index (Phi) is 5.40. The highest BCUT2D eigenvalue weighted by Crippen LogP contribution is 2.13. The number of benzene rings is 1. The first-order valence-electron chi connectivity index (χ1n) is 4.99. The molecule has 0 atom stereocenters. The summed E-state index contributed by atoms with van der Waals surface area (Å²) in [6, 6.07) is 7.33. The van der Waals surface area contributed by atoms with Gasteiger partial charge in [0.25, 0.3) is 0 Å². The van der Waals surface area contributed by atoms with E-state index in [2.05, 4.69) is 10.3 Å². The molecule has 0 aliphatic heterocycles. The number of methoxy groups -OCH3 is 1. The Hall–Kier alpha value is -1.11. The zero-order chi connectivity index (χ0) is 12.7. The molecule has 1 rings (SSSR count). The molecule has 1 aromatic rings. The average molecular weight is 249 g/mol. The summed E-state index contributed by atoms with van der Waals surface area (Å²) in [5.41, 5.74) is 4.06. The topological polar surface area (TPSA) is 30.5 Å². The van der Waals surface area contributed by atoms with Gasteiger partial charge in [0, 0.05) is 13.7 Å². The van der Waals surface area contributed by atoms with Crippen LogP contribution in [0.2, 0.25) is 0 Å². The van der Waals surface area contributed by atoms with Gasteiger partial charge < -0.3 is 4.74 Å². The fourth-order valence-corrected chi connectivity index (χ4v) is 1.26. The minimum atomic E-state index is -4.31. The fraction of sp³-hybridized carbons (Fsp3) is 0.455. The summed E-state index contributed by atoms with van der Waals surface area (Å²) in [7, 11) is 1.58. The first-order valence-corrected chi connectivity index (χ1v) is 4.99. The highest BCUT2D eigenvalue weighted by molar-refractivity contribution is 5.22. The van der Waals surface area contributed by atoms with Gasteiger partial charge in [-0.2, -0.15) is 18.7 Å². The van der Waals surface area contributed by atoms with Crippen LogP contribution in [-0.4, -0.2) is 19.9 Å². The molecule has 0 fully saturated rings. The van der Waals surface area contributed by atoms with Crippen LogP contribution in [0.4, 0.5) is 13.2 Å². The molecule has 6 heteroatoms. The van der Waals surface area contributed by atoms with E-state index in [0.717, 1.165) is 11.1 Å². The maximum Gasteiger partial charge on any atom is 0.413 e. The Morgan fingerprint density at radius 2 is 1.94 bits per heavy atom. The van der Waals surface area contributed by atoms with Crippen molar-refractivity contribution in [1.82, 2.24) is 5.48 Å². The minimum Gasteiger partial charge on any atom is -0.380 e. The van der Waals surface area contributed by atoms with Crippen LogP contribution in [0.25, 0.3) is 0 Å². The second kappa shape index (κ2) is 6.58. The van der Waals surface area contributed by atoms with Crippen molar-refractivity contribution in [2.45, 2.75) is 19.3 Å². The second-order valence-corrected chi connectivity index (χ2v) is 3.48. The predicted octanol–water partition coefficient (Wildman–Crippen LogP) is 2.42. The summed E-state index contributed by atoms with van der Waals surface area (Å²) in [6.07, 6.45) is -4.31. The van der Waals surface area contributed by atoms with Crippen molar-refractivity contribution in [2.24, 2.45) is 0 Å². The molecule has 0 aliphatic rings. The van der Waals surface area contributed by atoms with Gasteiger partial charge in [-0.15, -0.1) is 0 Å². The molecule has 1 aromatic carbocycles. The van der Waals surface area contributed by atoms with E-state index in [1.807, 2.05) is 18.2 Å². The third kappa shape index (κ3) is 6.25. The predicted molar refractivity (Wildman–Crippen MR) is 56.0 cm³/mol. The molecule has 3 nitrogen and oxygen atoms in total. The number of ether oxygens (including phenoxy) is 1. The van der Waals surface area contributed by atoms with Crippen LogP contribution in [0.3, 0.4) is 0 Å². The third-order valence-corrected chi connectivity index (χ3v) is 1.92. The monoisotopic (exact) mass is 249 g/mol. The van der Waals surface area contributed by atoms with Crippen LogP contribution in [0.15, 0.2) is 24.3 Å². The fourth-order valence-electron chi connectivity index (χ4n) is 1.26. The van der Waals surface area contributed by atoms with E-state index in [1.165, 1.54) is 0 Å². The summed E-state index contributed by atoms with van der Waals surface area (Å²) in [5, 5.41) is 0. The summed E-state index contributed by atoms with van der Waals surface area (Å²) >= 11 is 0. The number of hydrogen-bond donors (Lipinski definition) is 1. The first-order chi connectivity index (χ1) is 8.01. The third-order valence-electron chi connectivity index (χ3n) is 1.92. The molecule has 0 aliphatic carbocycles. The zero-order valence-electron chi connectivity index (χ0n) is 9.38. The van der Waals surface area contributed by atoms with Crippen molar-refractivity contribution in [3.8, 4) is 0 Å². The van der Waals surface area contributed by atoms with Crippen LogP contribution in [0, 0.1) is 0 Å². The van der Waals surface area contributed by atoms with Crippen molar-refractivity contribution in [1.29, 1.82) is 0 Å². The Morgan fingerprint density at radius 3 is 2.59 bits per heavy atom. The molecular formula is C11H14F3NO2. The summed E-state index contributed by atoms with van der Waals surface area (Å²) in [5.74, 6) is 0. The van der Waals surface area contributed by atoms with Gasteiger partial charge in [-0.3, -0.25) is 4.84 Å². The number of hydrogen-bond acceptors (Lipinski definition) is 3. The highest BCUT2D eigenvalue weighted by atomic mass is 19.4. The molecule has 0 spiro atoms. The smallest absolute Gasteiger partial charge is 0.380 e. The van der Waals surface area contributed by atoms with Crippen LogP contribution < -0.4 is 5.48 Å².